The number of hydrogen-bond donors (Lipinski definition) is 2. The van der Waals surface area contributed by atoms with Gasteiger partial charge in [0, 0.05) is 37.6 Å². The molecule has 110 valence electrons. The van der Waals surface area contributed by atoms with Gasteiger partial charge in [-0.3, -0.25) is 9.89 Å². The molecule has 0 atom stereocenters. The second kappa shape index (κ2) is 6.59. The molecule has 0 amide bonds. The van der Waals surface area contributed by atoms with Crippen LogP contribution in [0.5, 0.6) is 0 Å². The molecule has 0 aromatic carbocycles. The van der Waals surface area contributed by atoms with Crippen molar-refractivity contribution in [1.29, 1.82) is 0 Å². The molecule has 1 saturated carbocycles. The zero-order chi connectivity index (χ0) is 13.8. The molecule has 0 saturated heterocycles. The highest BCUT2D eigenvalue weighted by Crippen LogP contribution is 2.26. The molecule has 1 aromatic heterocycles. The number of guanidine groups is 1. The van der Waals surface area contributed by atoms with Crippen molar-refractivity contribution in [3.63, 3.8) is 0 Å². The number of nitrogens with zero attached hydrogens (tertiary/aromatic N) is 2. The lowest BCUT2D eigenvalue weighted by molar-refractivity contribution is 0.260. The lowest BCUT2D eigenvalue weighted by atomic mass is 9.86. The average Bonchev–Trinajstić information content (AvgIpc) is 2.84. The second-order valence-corrected chi connectivity index (χ2v) is 6.85. The van der Waals surface area contributed by atoms with Crippen LogP contribution in [0.2, 0.25) is 0 Å². The molecule has 1 aliphatic heterocycles. The fourth-order valence-electron chi connectivity index (χ4n) is 2.80. The van der Waals surface area contributed by atoms with Crippen LogP contribution in [0.3, 0.4) is 0 Å². The first kappa shape index (κ1) is 13.9. The van der Waals surface area contributed by atoms with E-state index < -0.39 is 0 Å². The van der Waals surface area contributed by atoms with E-state index in [-0.39, 0.29) is 0 Å². The minimum absolute atomic E-state index is 0.616. The van der Waals surface area contributed by atoms with Gasteiger partial charge in [-0.05, 0) is 42.2 Å². The Morgan fingerprint density at radius 1 is 1.50 bits per heavy atom. The van der Waals surface area contributed by atoms with Crippen molar-refractivity contribution in [2.45, 2.75) is 32.2 Å². The highest BCUT2D eigenvalue weighted by molar-refractivity contribution is 7.10. The highest BCUT2D eigenvalue weighted by Gasteiger charge is 2.17. The number of aliphatic imine (C=N–C) groups is 1. The van der Waals surface area contributed by atoms with Crippen LogP contribution in [0.25, 0.3) is 0 Å². The molecular formula is C15H24N4S. The van der Waals surface area contributed by atoms with Crippen LogP contribution in [-0.2, 0) is 13.0 Å². The van der Waals surface area contributed by atoms with Crippen molar-refractivity contribution in [2.75, 3.05) is 26.2 Å². The first-order valence-electron chi connectivity index (χ1n) is 7.62. The molecule has 0 bridgehead atoms. The summed E-state index contributed by atoms with van der Waals surface area (Å²) >= 11 is 1.89. The third kappa shape index (κ3) is 3.52. The van der Waals surface area contributed by atoms with E-state index in [1.807, 2.05) is 11.3 Å². The molecule has 20 heavy (non-hydrogen) atoms. The maximum atomic E-state index is 5.90. The number of hydrogen-bond acceptors (Lipinski definition) is 3. The SMILES string of the molecule is NC(=NCC1CCC1)NCCN1CCc2sccc2C1. The van der Waals surface area contributed by atoms with E-state index in [4.69, 9.17) is 5.73 Å². The maximum absolute atomic E-state index is 5.90. The summed E-state index contributed by atoms with van der Waals surface area (Å²) in [5.41, 5.74) is 7.41. The average molecular weight is 292 g/mol. The Labute approximate surface area is 125 Å². The number of rotatable bonds is 5. The van der Waals surface area contributed by atoms with Crippen molar-refractivity contribution in [2.24, 2.45) is 16.6 Å². The van der Waals surface area contributed by atoms with Gasteiger partial charge in [-0.2, -0.15) is 0 Å². The summed E-state index contributed by atoms with van der Waals surface area (Å²) in [6, 6.07) is 2.26. The van der Waals surface area contributed by atoms with E-state index in [1.54, 1.807) is 4.88 Å². The van der Waals surface area contributed by atoms with E-state index in [0.717, 1.165) is 38.6 Å². The summed E-state index contributed by atoms with van der Waals surface area (Å²) in [7, 11) is 0. The summed E-state index contributed by atoms with van der Waals surface area (Å²) < 4.78 is 0. The third-order valence-corrected chi connectivity index (χ3v) is 5.39. The van der Waals surface area contributed by atoms with Gasteiger partial charge >= 0.3 is 0 Å². The Balaban J connectivity index is 1.35. The van der Waals surface area contributed by atoms with Crippen molar-refractivity contribution in [3.05, 3.63) is 21.9 Å². The summed E-state index contributed by atoms with van der Waals surface area (Å²) in [6.07, 6.45) is 5.21. The third-order valence-electron chi connectivity index (χ3n) is 4.37. The van der Waals surface area contributed by atoms with Crippen molar-refractivity contribution >= 4 is 17.3 Å². The standard InChI is InChI=1S/C15H24N4S/c16-15(18-10-12-2-1-3-12)17-6-8-19-7-4-14-13(11-19)5-9-20-14/h5,9,12H,1-4,6-8,10-11H2,(H3,16,17,18). The first-order valence-corrected chi connectivity index (χ1v) is 8.50. The van der Waals surface area contributed by atoms with Gasteiger partial charge in [0.1, 0.15) is 0 Å². The normalized spacial score (nSPS) is 20.5. The predicted molar refractivity (Wildman–Crippen MR) is 85.1 cm³/mol. The van der Waals surface area contributed by atoms with Gasteiger partial charge < -0.3 is 11.1 Å². The molecule has 0 radical (unpaired) electrons. The monoisotopic (exact) mass is 292 g/mol. The van der Waals surface area contributed by atoms with Crippen LogP contribution in [0.4, 0.5) is 0 Å². The molecule has 4 nitrogen and oxygen atoms in total. The van der Waals surface area contributed by atoms with Gasteiger partial charge in [-0.15, -0.1) is 11.3 Å². The van der Waals surface area contributed by atoms with Gasteiger partial charge in [0.05, 0.1) is 0 Å². The molecule has 1 fully saturated rings. The quantitative estimate of drug-likeness (QED) is 0.643. The number of nitrogens with one attached hydrogen (secondary N) is 1. The van der Waals surface area contributed by atoms with Crippen LogP contribution in [0, 0.1) is 5.92 Å². The van der Waals surface area contributed by atoms with Crippen molar-refractivity contribution in [3.8, 4) is 0 Å². The van der Waals surface area contributed by atoms with Crippen LogP contribution in [-0.4, -0.2) is 37.0 Å². The zero-order valence-electron chi connectivity index (χ0n) is 12.0. The number of nitrogens with two attached hydrogens (primary N) is 1. The van der Waals surface area contributed by atoms with E-state index >= 15 is 0 Å². The fourth-order valence-corrected chi connectivity index (χ4v) is 3.69. The van der Waals surface area contributed by atoms with Gasteiger partial charge in [-0.1, -0.05) is 6.42 Å². The van der Waals surface area contributed by atoms with Crippen LogP contribution < -0.4 is 11.1 Å². The minimum atomic E-state index is 0.616. The fraction of sp³-hybridized carbons (Fsp3) is 0.667. The van der Waals surface area contributed by atoms with Gasteiger partial charge in [0.2, 0.25) is 0 Å². The molecule has 2 aliphatic rings. The Morgan fingerprint density at radius 2 is 2.40 bits per heavy atom. The molecule has 5 heteroatoms. The number of fused-ring (bicyclic) bond motifs is 1. The second-order valence-electron chi connectivity index (χ2n) is 5.84. The molecule has 0 unspecified atom stereocenters. The van der Waals surface area contributed by atoms with Gasteiger partial charge in [0.25, 0.3) is 0 Å². The Kier molecular flexibility index (Phi) is 4.58. The highest BCUT2D eigenvalue weighted by atomic mass is 32.1. The summed E-state index contributed by atoms with van der Waals surface area (Å²) in [5, 5.41) is 5.45. The minimum Gasteiger partial charge on any atom is -0.370 e. The molecule has 3 rings (SSSR count). The summed E-state index contributed by atoms with van der Waals surface area (Å²) in [6.45, 7) is 5.07. The molecule has 2 heterocycles. The van der Waals surface area contributed by atoms with Crippen LogP contribution in [0.1, 0.15) is 29.7 Å². The van der Waals surface area contributed by atoms with Gasteiger partial charge in [-0.25, -0.2) is 0 Å². The van der Waals surface area contributed by atoms with Crippen molar-refractivity contribution in [1.82, 2.24) is 10.2 Å². The smallest absolute Gasteiger partial charge is 0.188 e. The van der Waals surface area contributed by atoms with E-state index in [9.17, 15) is 0 Å². The lowest BCUT2D eigenvalue weighted by Gasteiger charge is -2.27. The van der Waals surface area contributed by atoms with E-state index in [2.05, 4.69) is 26.7 Å². The van der Waals surface area contributed by atoms with Gasteiger partial charge in [0.15, 0.2) is 5.96 Å². The van der Waals surface area contributed by atoms with E-state index in [0.29, 0.717) is 5.96 Å². The summed E-state index contributed by atoms with van der Waals surface area (Å²) in [5.74, 6) is 1.40. The topological polar surface area (TPSA) is 53.6 Å². The predicted octanol–water partition coefficient (Wildman–Crippen LogP) is 1.81. The molecule has 1 aliphatic carbocycles. The number of thiophene rings is 1. The summed E-state index contributed by atoms with van der Waals surface area (Å²) in [4.78, 5) is 8.48. The Hall–Kier alpha value is -1.07. The van der Waals surface area contributed by atoms with Crippen LogP contribution in [0.15, 0.2) is 16.4 Å². The zero-order valence-corrected chi connectivity index (χ0v) is 12.8. The largest absolute Gasteiger partial charge is 0.370 e. The Morgan fingerprint density at radius 3 is 3.20 bits per heavy atom. The molecule has 0 spiro atoms. The first-order chi connectivity index (χ1) is 9.81. The lowest BCUT2D eigenvalue weighted by Crippen LogP contribution is -2.40. The maximum Gasteiger partial charge on any atom is 0.188 e. The van der Waals surface area contributed by atoms with E-state index in [1.165, 1.54) is 31.2 Å². The Bertz CT molecular complexity index is 464. The van der Waals surface area contributed by atoms with Crippen LogP contribution >= 0.6 is 11.3 Å². The molecular weight excluding hydrogens is 268 g/mol. The molecule has 1 aromatic rings. The molecule has 3 N–H and O–H groups in total. The van der Waals surface area contributed by atoms with Crippen molar-refractivity contribution < 1.29 is 0 Å².